The first kappa shape index (κ1) is 19.5. The summed E-state index contributed by atoms with van der Waals surface area (Å²) in [5.74, 6) is 0.380. The molecule has 2 aromatic carbocycles. The fraction of sp³-hybridized carbons (Fsp3) is 0.364. The zero-order chi connectivity index (χ0) is 19.1. The summed E-state index contributed by atoms with van der Waals surface area (Å²) in [5.41, 5.74) is 2.66. The van der Waals surface area contributed by atoms with E-state index in [2.05, 4.69) is 24.4 Å². The lowest BCUT2D eigenvalue weighted by Crippen LogP contribution is -2.29. The first-order valence-electron chi connectivity index (χ1n) is 9.57. The van der Waals surface area contributed by atoms with Crippen LogP contribution in [0, 0.1) is 0 Å². The molecule has 4 nitrogen and oxygen atoms in total. The van der Waals surface area contributed by atoms with Gasteiger partial charge in [0.05, 0.1) is 11.3 Å². The number of nitrogens with zero attached hydrogens (tertiary/aromatic N) is 1. The van der Waals surface area contributed by atoms with Gasteiger partial charge in [-0.2, -0.15) is 0 Å². The van der Waals surface area contributed by atoms with Gasteiger partial charge >= 0.3 is 0 Å². The van der Waals surface area contributed by atoms with Crippen LogP contribution in [0.4, 0.5) is 5.69 Å². The van der Waals surface area contributed by atoms with Crippen LogP contribution in [0.5, 0.6) is 0 Å². The molecular formula is C22H26N2O2S. The van der Waals surface area contributed by atoms with E-state index in [0.29, 0.717) is 11.3 Å². The highest BCUT2D eigenvalue weighted by molar-refractivity contribution is 8.00. The molecule has 2 aromatic rings. The predicted octanol–water partition coefficient (Wildman–Crippen LogP) is 4.61. The van der Waals surface area contributed by atoms with Crippen LogP contribution < -0.4 is 5.32 Å². The number of rotatable bonds is 7. The summed E-state index contributed by atoms with van der Waals surface area (Å²) in [4.78, 5) is 27.8. The number of amides is 2. The highest BCUT2D eigenvalue weighted by Gasteiger charge is 2.19. The van der Waals surface area contributed by atoms with Crippen LogP contribution in [-0.2, 0) is 11.2 Å². The topological polar surface area (TPSA) is 49.4 Å². The second-order valence-electron chi connectivity index (χ2n) is 6.77. The minimum Gasteiger partial charge on any atom is -0.342 e. The fourth-order valence-electron chi connectivity index (χ4n) is 3.22. The second kappa shape index (κ2) is 9.60. The molecule has 0 aliphatic carbocycles. The van der Waals surface area contributed by atoms with E-state index >= 15 is 0 Å². The third-order valence-corrected chi connectivity index (χ3v) is 5.75. The van der Waals surface area contributed by atoms with E-state index in [0.717, 1.165) is 49.4 Å². The Bertz CT molecular complexity index is 783. The van der Waals surface area contributed by atoms with Crippen LogP contribution in [0.2, 0.25) is 0 Å². The molecule has 3 rings (SSSR count). The van der Waals surface area contributed by atoms with Gasteiger partial charge in [0.15, 0.2) is 0 Å². The van der Waals surface area contributed by atoms with E-state index < -0.39 is 0 Å². The Morgan fingerprint density at radius 2 is 1.74 bits per heavy atom. The maximum absolute atomic E-state index is 12.7. The molecule has 0 radical (unpaired) electrons. The van der Waals surface area contributed by atoms with E-state index in [1.807, 2.05) is 41.3 Å². The Kier molecular flexibility index (Phi) is 6.93. The standard InChI is InChI=1S/C22H26N2O2S/c1-2-7-17-10-12-18(13-11-17)23-22(26)19-8-3-4-9-20(19)27-16-21(25)24-14-5-6-15-24/h3-4,8-13H,2,5-7,14-16H2,1H3,(H,23,26). The molecule has 1 N–H and O–H groups in total. The van der Waals surface area contributed by atoms with Crippen molar-refractivity contribution in [2.24, 2.45) is 0 Å². The first-order valence-corrected chi connectivity index (χ1v) is 10.6. The third-order valence-electron chi connectivity index (χ3n) is 4.69. The van der Waals surface area contributed by atoms with Gasteiger partial charge in [0.2, 0.25) is 5.91 Å². The van der Waals surface area contributed by atoms with Crippen LogP contribution in [0.15, 0.2) is 53.4 Å². The SMILES string of the molecule is CCCc1ccc(NC(=O)c2ccccc2SCC(=O)N2CCCC2)cc1. The van der Waals surface area contributed by atoms with Crippen molar-refractivity contribution in [3.63, 3.8) is 0 Å². The number of hydrogen-bond acceptors (Lipinski definition) is 3. The van der Waals surface area contributed by atoms with Crippen LogP contribution in [0.25, 0.3) is 0 Å². The van der Waals surface area contributed by atoms with Crippen molar-refractivity contribution in [2.45, 2.75) is 37.5 Å². The summed E-state index contributed by atoms with van der Waals surface area (Å²) in [7, 11) is 0. The minimum atomic E-state index is -0.144. The van der Waals surface area contributed by atoms with Crippen molar-refractivity contribution in [2.75, 3.05) is 24.2 Å². The van der Waals surface area contributed by atoms with Gasteiger partial charge in [0.1, 0.15) is 0 Å². The molecule has 1 aliphatic rings. The van der Waals surface area contributed by atoms with Gasteiger partial charge in [-0.25, -0.2) is 0 Å². The number of anilines is 1. The molecule has 2 amide bonds. The quantitative estimate of drug-likeness (QED) is 0.712. The number of nitrogens with one attached hydrogen (secondary N) is 1. The summed E-state index contributed by atoms with van der Waals surface area (Å²) in [5, 5.41) is 2.96. The van der Waals surface area contributed by atoms with E-state index in [-0.39, 0.29) is 11.8 Å². The number of thioether (sulfide) groups is 1. The molecule has 0 aromatic heterocycles. The maximum Gasteiger partial charge on any atom is 0.256 e. The minimum absolute atomic E-state index is 0.144. The van der Waals surface area contributed by atoms with Crippen molar-refractivity contribution >= 4 is 29.3 Å². The van der Waals surface area contributed by atoms with Crippen molar-refractivity contribution in [3.05, 3.63) is 59.7 Å². The van der Waals surface area contributed by atoms with Crippen LogP contribution in [0.1, 0.15) is 42.1 Å². The number of likely N-dealkylation sites (tertiary alicyclic amines) is 1. The van der Waals surface area contributed by atoms with Crippen LogP contribution >= 0.6 is 11.8 Å². The van der Waals surface area contributed by atoms with Crippen LogP contribution in [0.3, 0.4) is 0 Å². The Labute approximate surface area is 165 Å². The van der Waals surface area contributed by atoms with E-state index in [9.17, 15) is 9.59 Å². The van der Waals surface area contributed by atoms with Gasteiger partial charge in [-0.3, -0.25) is 9.59 Å². The predicted molar refractivity (Wildman–Crippen MR) is 111 cm³/mol. The summed E-state index contributed by atoms with van der Waals surface area (Å²) < 4.78 is 0. The summed E-state index contributed by atoms with van der Waals surface area (Å²) in [6.07, 6.45) is 4.32. The van der Waals surface area contributed by atoms with Gasteiger partial charge in [0, 0.05) is 23.7 Å². The second-order valence-corrected chi connectivity index (χ2v) is 7.79. The smallest absolute Gasteiger partial charge is 0.256 e. The summed E-state index contributed by atoms with van der Waals surface area (Å²) in [6.45, 7) is 3.86. The molecule has 0 spiro atoms. The lowest BCUT2D eigenvalue weighted by Gasteiger charge is -2.15. The molecule has 0 saturated carbocycles. The Morgan fingerprint density at radius 3 is 2.44 bits per heavy atom. The molecule has 27 heavy (non-hydrogen) atoms. The van der Waals surface area contributed by atoms with Crippen molar-refractivity contribution in [1.82, 2.24) is 4.90 Å². The molecule has 5 heteroatoms. The number of carbonyl (C=O) groups is 2. The zero-order valence-electron chi connectivity index (χ0n) is 15.7. The highest BCUT2D eigenvalue weighted by Crippen LogP contribution is 2.25. The Morgan fingerprint density at radius 1 is 1.04 bits per heavy atom. The van der Waals surface area contributed by atoms with E-state index in [1.54, 1.807) is 0 Å². The first-order chi connectivity index (χ1) is 13.2. The van der Waals surface area contributed by atoms with Gasteiger partial charge in [-0.1, -0.05) is 37.6 Å². The third kappa shape index (κ3) is 5.36. The molecule has 1 heterocycles. The van der Waals surface area contributed by atoms with Crippen LogP contribution in [-0.4, -0.2) is 35.6 Å². The van der Waals surface area contributed by atoms with Crippen molar-refractivity contribution in [3.8, 4) is 0 Å². The lowest BCUT2D eigenvalue weighted by atomic mass is 10.1. The lowest BCUT2D eigenvalue weighted by molar-refractivity contribution is -0.127. The highest BCUT2D eigenvalue weighted by atomic mass is 32.2. The molecule has 1 aliphatic heterocycles. The van der Waals surface area contributed by atoms with Crippen molar-refractivity contribution < 1.29 is 9.59 Å². The molecule has 1 saturated heterocycles. The molecule has 0 atom stereocenters. The van der Waals surface area contributed by atoms with Gasteiger partial charge < -0.3 is 10.2 Å². The number of benzene rings is 2. The van der Waals surface area contributed by atoms with E-state index in [1.165, 1.54) is 17.3 Å². The molecular weight excluding hydrogens is 356 g/mol. The Hall–Kier alpha value is -2.27. The van der Waals surface area contributed by atoms with Crippen molar-refractivity contribution in [1.29, 1.82) is 0 Å². The molecule has 0 bridgehead atoms. The maximum atomic E-state index is 12.7. The number of hydrogen-bond donors (Lipinski definition) is 1. The van der Waals surface area contributed by atoms with Gasteiger partial charge in [-0.15, -0.1) is 11.8 Å². The van der Waals surface area contributed by atoms with Gasteiger partial charge in [0.25, 0.3) is 5.91 Å². The summed E-state index contributed by atoms with van der Waals surface area (Å²) in [6, 6.07) is 15.4. The zero-order valence-corrected chi connectivity index (χ0v) is 16.6. The average molecular weight is 383 g/mol. The summed E-state index contributed by atoms with van der Waals surface area (Å²) >= 11 is 1.44. The number of carbonyl (C=O) groups excluding carboxylic acids is 2. The largest absolute Gasteiger partial charge is 0.342 e. The number of aryl methyl sites for hydroxylation is 1. The Balaban J connectivity index is 1.63. The fourth-order valence-corrected chi connectivity index (χ4v) is 4.17. The van der Waals surface area contributed by atoms with Gasteiger partial charge in [-0.05, 0) is 49.1 Å². The monoisotopic (exact) mass is 382 g/mol. The molecule has 142 valence electrons. The molecule has 1 fully saturated rings. The van der Waals surface area contributed by atoms with E-state index in [4.69, 9.17) is 0 Å². The average Bonchev–Trinajstić information content (AvgIpc) is 3.23. The normalized spacial score (nSPS) is 13.6. The molecule has 0 unspecified atom stereocenters.